The van der Waals surface area contributed by atoms with Crippen LogP contribution in [0, 0.1) is 0 Å². The van der Waals surface area contributed by atoms with E-state index in [4.69, 9.17) is 0 Å². The molecule has 1 aliphatic rings. The van der Waals surface area contributed by atoms with Gasteiger partial charge in [0, 0.05) is 0 Å². The van der Waals surface area contributed by atoms with E-state index in [-0.39, 0.29) is 0 Å². The Morgan fingerprint density at radius 3 is 1.62 bits per heavy atom. The van der Waals surface area contributed by atoms with E-state index in [0.29, 0.717) is 0 Å². The molecule has 0 atom stereocenters. The topological polar surface area (TPSA) is 0 Å². The van der Waals surface area contributed by atoms with Crippen molar-refractivity contribution < 1.29 is 0 Å². The van der Waals surface area contributed by atoms with Crippen LogP contribution in [0.1, 0.15) is 19.3 Å². The summed E-state index contributed by atoms with van der Waals surface area (Å²) < 4.78 is 0. The molecule has 1 heterocycles. The molecule has 1 rings (SSSR count). The van der Waals surface area contributed by atoms with Crippen molar-refractivity contribution in [2.75, 3.05) is 0 Å². The van der Waals surface area contributed by atoms with Crippen molar-refractivity contribution >= 4 is 47.0 Å². The molecular weight excluding hydrogens is 393 g/mol. The fraction of sp³-hybridized carbons (Fsp3) is 1.00. The van der Waals surface area contributed by atoms with Gasteiger partial charge in [-0.25, -0.2) is 0 Å². The molecule has 0 saturated carbocycles. The molecular formula is C5H10I2Se. The monoisotopic (exact) mass is 404 g/mol. The van der Waals surface area contributed by atoms with Crippen molar-refractivity contribution in [3.63, 3.8) is 0 Å². The molecule has 0 aromatic heterocycles. The molecule has 1 aliphatic heterocycles. The molecule has 0 aromatic carbocycles. The molecule has 0 aliphatic carbocycles. The first kappa shape index (κ1) is 8.08. The molecule has 0 amide bonds. The average molecular weight is 403 g/mol. The summed E-state index contributed by atoms with van der Waals surface area (Å²) in [6.45, 7) is 0. The summed E-state index contributed by atoms with van der Waals surface area (Å²) in [6.07, 6.45) is 3.74. The molecule has 1 saturated heterocycles. The van der Waals surface area contributed by atoms with Crippen LogP contribution in [0.2, 0.25) is 10.6 Å². The van der Waals surface area contributed by atoms with Crippen LogP contribution in [0.15, 0.2) is 0 Å². The van der Waals surface area contributed by atoms with Gasteiger partial charge in [0.15, 0.2) is 0 Å². The van der Waals surface area contributed by atoms with Crippen LogP contribution < -0.4 is 0 Å². The Hall–Kier alpha value is 1.98. The van der Waals surface area contributed by atoms with Gasteiger partial charge < -0.3 is 0 Å². The van der Waals surface area contributed by atoms with Gasteiger partial charge in [0.25, 0.3) is 0 Å². The van der Waals surface area contributed by atoms with Gasteiger partial charge >= 0.3 is 76.9 Å². The quantitative estimate of drug-likeness (QED) is 0.430. The number of rotatable bonds is 0. The average Bonchev–Trinajstić information content (AvgIpc) is 1.65. The van der Waals surface area contributed by atoms with Crippen molar-refractivity contribution in [2.24, 2.45) is 0 Å². The molecule has 0 bridgehead atoms. The van der Waals surface area contributed by atoms with E-state index in [9.17, 15) is 0 Å². The van der Waals surface area contributed by atoms with Crippen LogP contribution in [0.25, 0.3) is 0 Å². The van der Waals surface area contributed by atoms with Crippen molar-refractivity contribution in [1.82, 2.24) is 0 Å². The summed E-state index contributed by atoms with van der Waals surface area (Å²) in [7, 11) is 0. The third kappa shape index (κ3) is 2.71. The SMILES string of the molecule is I[Se]1(I)CCCCC1. The van der Waals surface area contributed by atoms with E-state index in [2.05, 4.69) is 40.7 Å². The second-order valence-electron chi connectivity index (χ2n) is 2.17. The van der Waals surface area contributed by atoms with Gasteiger partial charge in [-0.2, -0.15) is 0 Å². The van der Waals surface area contributed by atoms with Gasteiger partial charge in [0.2, 0.25) is 0 Å². The van der Waals surface area contributed by atoms with Gasteiger partial charge in [0.1, 0.15) is 0 Å². The van der Waals surface area contributed by atoms with E-state index in [1.54, 1.807) is 10.6 Å². The number of hydrogen-bond donors (Lipinski definition) is 0. The summed E-state index contributed by atoms with van der Waals surface area (Å²) in [5, 5.41) is 3.16. The molecule has 0 spiro atoms. The molecule has 0 N–H and O–H groups in total. The van der Waals surface area contributed by atoms with Crippen LogP contribution in [0.4, 0.5) is 0 Å². The maximum atomic E-state index is 2.73. The molecule has 0 unspecified atom stereocenters. The van der Waals surface area contributed by atoms with Crippen molar-refractivity contribution in [3.05, 3.63) is 0 Å². The first-order valence-electron chi connectivity index (χ1n) is 2.89. The molecule has 0 nitrogen and oxygen atoms in total. The van der Waals surface area contributed by atoms with Crippen LogP contribution in [-0.4, -0.2) is 6.35 Å². The predicted octanol–water partition coefficient (Wildman–Crippen LogP) is 3.48. The van der Waals surface area contributed by atoms with E-state index in [1.807, 2.05) is 0 Å². The number of halogens is 2. The predicted molar refractivity (Wildman–Crippen MR) is 57.3 cm³/mol. The van der Waals surface area contributed by atoms with E-state index < -0.39 is 6.35 Å². The Bertz CT molecular complexity index is 74.5. The third-order valence-electron chi connectivity index (χ3n) is 1.39. The van der Waals surface area contributed by atoms with Crippen LogP contribution in [-0.2, 0) is 0 Å². The fourth-order valence-corrected chi connectivity index (χ4v) is 10.4. The zero-order valence-electron chi connectivity index (χ0n) is 4.70. The summed E-state index contributed by atoms with van der Waals surface area (Å²) >= 11 is 5.47. The summed E-state index contributed by atoms with van der Waals surface area (Å²) in [4.78, 5) is 0. The summed E-state index contributed by atoms with van der Waals surface area (Å²) in [5.41, 5.74) is 0. The first-order valence-corrected chi connectivity index (χ1v) is 15.8. The van der Waals surface area contributed by atoms with Crippen LogP contribution in [0.5, 0.6) is 0 Å². The van der Waals surface area contributed by atoms with Crippen molar-refractivity contribution in [3.8, 4) is 0 Å². The second kappa shape index (κ2) is 3.39. The maximum absolute atomic E-state index is 2.73. The molecule has 0 aromatic rings. The Labute approximate surface area is 75.9 Å². The Morgan fingerprint density at radius 2 is 1.38 bits per heavy atom. The Morgan fingerprint density at radius 1 is 0.875 bits per heavy atom. The normalized spacial score (nSPS) is 31.8. The minimum absolute atomic E-state index is 0.809. The number of hydrogen-bond acceptors (Lipinski definition) is 0. The molecule has 8 heavy (non-hydrogen) atoms. The van der Waals surface area contributed by atoms with Crippen LogP contribution >= 0.6 is 40.7 Å². The molecule has 3 heteroatoms. The molecule has 0 radical (unpaired) electrons. The van der Waals surface area contributed by atoms with Crippen molar-refractivity contribution in [1.29, 1.82) is 0 Å². The van der Waals surface area contributed by atoms with Gasteiger partial charge in [-0.1, -0.05) is 0 Å². The molecule has 50 valence electrons. The van der Waals surface area contributed by atoms with E-state index in [0.717, 1.165) is 0 Å². The third-order valence-corrected chi connectivity index (χ3v) is 14.3. The van der Waals surface area contributed by atoms with Crippen LogP contribution in [0.3, 0.4) is 0 Å². The summed E-state index contributed by atoms with van der Waals surface area (Å²) in [6, 6.07) is 0. The van der Waals surface area contributed by atoms with Gasteiger partial charge in [0.05, 0.1) is 0 Å². The van der Waals surface area contributed by atoms with Gasteiger partial charge in [-0.05, 0) is 0 Å². The van der Waals surface area contributed by atoms with E-state index >= 15 is 0 Å². The summed E-state index contributed by atoms with van der Waals surface area (Å²) in [5.74, 6) is 0. The first-order chi connectivity index (χ1) is 3.71. The Kier molecular flexibility index (Phi) is 3.43. The zero-order chi connectivity index (χ0) is 6.04. The fourth-order valence-electron chi connectivity index (χ4n) is 0.905. The zero-order valence-corrected chi connectivity index (χ0v) is 10.7. The standard InChI is InChI=1S/C5H10I2Se/c6-8(7)4-2-1-3-5-8/h1-5H2. The van der Waals surface area contributed by atoms with E-state index in [1.165, 1.54) is 19.3 Å². The second-order valence-corrected chi connectivity index (χ2v) is 33.1. The minimum atomic E-state index is -0.809. The van der Waals surface area contributed by atoms with Gasteiger partial charge in [-0.3, -0.25) is 0 Å². The molecule has 1 fully saturated rings. The van der Waals surface area contributed by atoms with Crippen molar-refractivity contribution in [2.45, 2.75) is 29.9 Å². The Balaban J connectivity index is 2.33. The van der Waals surface area contributed by atoms with Gasteiger partial charge in [-0.15, -0.1) is 0 Å².